The van der Waals surface area contributed by atoms with Gasteiger partial charge in [0, 0.05) is 15.7 Å². The van der Waals surface area contributed by atoms with Crippen LogP contribution >= 0.6 is 15.9 Å². The van der Waals surface area contributed by atoms with Gasteiger partial charge in [-0.3, -0.25) is 4.79 Å². The van der Waals surface area contributed by atoms with Crippen LogP contribution in [0.1, 0.15) is 11.6 Å². The van der Waals surface area contributed by atoms with Gasteiger partial charge in [0.05, 0.1) is 7.11 Å². The Morgan fingerprint density at radius 3 is 2.50 bits per heavy atom. The highest BCUT2D eigenvalue weighted by molar-refractivity contribution is 9.10. The van der Waals surface area contributed by atoms with Crippen molar-refractivity contribution in [2.45, 2.75) is 6.04 Å². The smallest absolute Gasteiger partial charge is 0.244 e. The van der Waals surface area contributed by atoms with E-state index in [2.05, 4.69) is 21.2 Å². The van der Waals surface area contributed by atoms with Gasteiger partial charge in [0.2, 0.25) is 5.91 Å². The van der Waals surface area contributed by atoms with Gasteiger partial charge < -0.3 is 15.8 Å². The van der Waals surface area contributed by atoms with E-state index in [-0.39, 0.29) is 0 Å². The Hall–Kier alpha value is -2.01. The van der Waals surface area contributed by atoms with Crippen molar-refractivity contribution >= 4 is 27.5 Å². The van der Waals surface area contributed by atoms with E-state index in [0.29, 0.717) is 11.3 Å². The molecule has 0 heterocycles. The van der Waals surface area contributed by atoms with Crippen LogP contribution in [0.5, 0.6) is 5.75 Å². The third-order valence-electron chi connectivity index (χ3n) is 2.91. The quantitative estimate of drug-likeness (QED) is 0.883. The Balaban J connectivity index is 2.37. The van der Waals surface area contributed by atoms with Crippen molar-refractivity contribution in [3.63, 3.8) is 0 Å². The van der Waals surface area contributed by atoms with Gasteiger partial charge in [0.15, 0.2) is 0 Å². The lowest BCUT2D eigenvalue weighted by Gasteiger charge is -2.20. The Bertz CT molecular complexity index is 616. The third kappa shape index (κ3) is 3.11. The van der Waals surface area contributed by atoms with E-state index < -0.39 is 11.9 Å². The number of methoxy groups -OCH3 is 1. The summed E-state index contributed by atoms with van der Waals surface area (Å²) >= 11 is 3.44. The lowest BCUT2D eigenvalue weighted by atomic mass is 10.0. The lowest BCUT2D eigenvalue weighted by Crippen LogP contribution is -2.28. The number of carbonyl (C=O) groups is 1. The molecule has 1 amide bonds. The molecule has 0 aliphatic carbocycles. The summed E-state index contributed by atoms with van der Waals surface area (Å²) in [5, 5.41) is 3.14. The molecule has 0 radical (unpaired) electrons. The molecular weight excluding hydrogens is 320 g/mol. The van der Waals surface area contributed by atoms with Crippen LogP contribution in [-0.4, -0.2) is 13.0 Å². The van der Waals surface area contributed by atoms with Crippen LogP contribution in [0, 0.1) is 0 Å². The van der Waals surface area contributed by atoms with Crippen LogP contribution in [0.25, 0.3) is 0 Å². The number of carbonyl (C=O) groups excluding carboxylic acids is 1. The van der Waals surface area contributed by atoms with Crippen molar-refractivity contribution in [3.05, 3.63) is 58.6 Å². The third-order valence-corrected chi connectivity index (χ3v) is 3.60. The highest BCUT2D eigenvalue weighted by atomic mass is 79.9. The molecule has 0 saturated carbocycles. The monoisotopic (exact) mass is 334 g/mol. The van der Waals surface area contributed by atoms with Gasteiger partial charge in [-0.15, -0.1) is 0 Å². The van der Waals surface area contributed by atoms with Gasteiger partial charge >= 0.3 is 0 Å². The number of amides is 1. The Morgan fingerprint density at radius 2 is 1.85 bits per heavy atom. The normalized spacial score (nSPS) is 11.7. The maximum absolute atomic E-state index is 11.8. The molecule has 0 aliphatic rings. The number of para-hydroxylation sites is 2. The van der Waals surface area contributed by atoms with Crippen LogP contribution in [0.3, 0.4) is 0 Å². The molecule has 0 spiro atoms. The van der Waals surface area contributed by atoms with Crippen LogP contribution in [-0.2, 0) is 4.79 Å². The van der Waals surface area contributed by atoms with Gasteiger partial charge in [-0.2, -0.15) is 0 Å². The molecule has 0 fully saturated rings. The molecule has 0 aromatic heterocycles. The second-order valence-corrected chi connectivity index (χ2v) is 5.06. The van der Waals surface area contributed by atoms with Crippen LogP contribution in [0.4, 0.5) is 5.69 Å². The predicted molar refractivity (Wildman–Crippen MR) is 82.7 cm³/mol. The van der Waals surface area contributed by atoms with Crippen LogP contribution in [0.2, 0.25) is 0 Å². The molecule has 2 rings (SSSR count). The first kappa shape index (κ1) is 14.4. The summed E-state index contributed by atoms with van der Waals surface area (Å²) in [5.74, 6) is 0.154. The fraction of sp³-hybridized carbons (Fsp3) is 0.133. The number of halogens is 1. The molecule has 0 bridgehead atoms. The molecule has 104 valence electrons. The van der Waals surface area contributed by atoms with Crippen molar-refractivity contribution in [2.24, 2.45) is 5.73 Å². The maximum Gasteiger partial charge on any atom is 0.244 e. The average molecular weight is 335 g/mol. The minimum atomic E-state index is -0.662. The zero-order chi connectivity index (χ0) is 14.5. The molecule has 20 heavy (non-hydrogen) atoms. The summed E-state index contributed by atoms with van der Waals surface area (Å²) in [6.07, 6.45) is 0. The standard InChI is InChI=1S/C15H15BrN2O2/c1-20-13-9-5-2-6-10(13)14(15(17)19)18-12-8-4-3-7-11(12)16/h2-9,14,18H,1H3,(H2,17,19). The summed E-state index contributed by atoms with van der Waals surface area (Å²) in [6.45, 7) is 0. The molecule has 3 N–H and O–H groups in total. The lowest BCUT2D eigenvalue weighted by molar-refractivity contribution is -0.118. The van der Waals surface area contributed by atoms with Crippen molar-refractivity contribution in [3.8, 4) is 5.75 Å². The van der Waals surface area contributed by atoms with E-state index in [1.54, 1.807) is 13.2 Å². The fourth-order valence-electron chi connectivity index (χ4n) is 1.94. The van der Waals surface area contributed by atoms with Crippen molar-refractivity contribution in [2.75, 3.05) is 12.4 Å². The van der Waals surface area contributed by atoms with E-state index in [4.69, 9.17) is 10.5 Å². The number of primary amides is 1. The molecule has 4 nitrogen and oxygen atoms in total. The number of ether oxygens (including phenoxy) is 1. The summed E-state index contributed by atoms with van der Waals surface area (Å²) < 4.78 is 6.15. The number of hydrogen-bond donors (Lipinski definition) is 2. The predicted octanol–water partition coefficient (Wildman–Crippen LogP) is 3.10. The van der Waals surface area contributed by atoms with Gasteiger partial charge in [0.1, 0.15) is 11.8 Å². The first-order chi connectivity index (χ1) is 9.63. The highest BCUT2D eigenvalue weighted by Gasteiger charge is 2.21. The molecule has 1 atom stereocenters. The van der Waals surface area contributed by atoms with E-state index in [1.165, 1.54) is 0 Å². The first-order valence-corrected chi connectivity index (χ1v) is 6.86. The Labute approximate surface area is 126 Å². The molecule has 5 heteroatoms. The van der Waals surface area contributed by atoms with Gasteiger partial charge in [-0.25, -0.2) is 0 Å². The molecular formula is C15H15BrN2O2. The number of rotatable bonds is 5. The Kier molecular flexibility index (Phi) is 4.63. The largest absolute Gasteiger partial charge is 0.496 e. The van der Waals surface area contributed by atoms with E-state index in [1.807, 2.05) is 42.5 Å². The van der Waals surface area contributed by atoms with E-state index in [9.17, 15) is 4.79 Å². The van der Waals surface area contributed by atoms with Crippen molar-refractivity contribution in [1.82, 2.24) is 0 Å². The number of nitrogens with one attached hydrogen (secondary N) is 1. The van der Waals surface area contributed by atoms with E-state index >= 15 is 0 Å². The average Bonchev–Trinajstić information content (AvgIpc) is 2.46. The minimum Gasteiger partial charge on any atom is -0.496 e. The maximum atomic E-state index is 11.8. The Morgan fingerprint density at radius 1 is 1.20 bits per heavy atom. The second-order valence-electron chi connectivity index (χ2n) is 4.20. The molecule has 2 aromatic carbocycles. The molecule has 0 saturated heterocycles. The van der Waals surface area contributed by atoms with Crippen LogP contribution < -0.4 is 15.8 Å². The SMILES string of the molecule is COc1ccccc1C(Nc1ccccc1Br)C(N)=O. The summed E-state index contributed by atoms with van der Waals surface area (Å²) in [4.78, 5) is 11.8. The number of anilines is 1. The van der Waals surface area contributed by atoms with Gasteiger partial charge in [-0.1, -0.05) is 30.3 Å². The van der Waals surface area contributed by atoms with Crippen LogP contribution in [0.15, 0.2) is 53.0 Å². The number of nitrogens with two attached hydrogens (primary N) is 1. The zero-order valence-electron chi connectivity index (χ0n) is 11.0. The van der Waals surface area contributed by atoms with Gasteiger partial charge in [-0.05, 0) is 34.1 Å². The number of hydrogen-bond acceptors (Lipinski definition) is 3. The molecule has 0 aliphatic heterocycles. The number of benzene rings is 2. The van der Waals surface area contributed by atoms with Gasteiger partial charge in [0.25, 0.3) is 0 Å². The minimum absolute atomic E-state index is 0.467. The molecule has 1 unspecified atom stereocenters. The zero-order valence-corrected chi connectivity index (χ0v) is 12.6. The summed E-state index contributed by atoms with van der Waals surface area (Å²) in [5.41, 5.74) is 7.02. The summed E-state index contributed by atoms with van der Waals surface area (Å²) in [6, 6.07) is 14.2. The topological polar surface area (TPSA) is 64.3 Å². The molecule has 2 aromatic rings. The fourth-order valence-corrected chi connectivity index (χ4v) is 2.34. The summed E-state index contributed by atoms with van der Waals surface area (Å²) in [7, 11) is 1.56. The highest BCUT2D eigenvalue weighted by Crippen LogP contribution is 2.30. The van der Waals surface area contributed by atoms with Crippen molar-refractivity contribution in [1.29, 1.82) is 0 Å². The first-order valence-electron chi connectivity index (χ1n) is 6.06. The van der Waals surface area contributed by atoms with E-state index in [0.717, 1.165) is 10.2 Å². The van der Waals surface area contributed by atoms with Crippen molar-refractivity contribution < 1.29 is 9.53 Å². The second kappa shape index (κ2) is 6.43.